The summed E-state index contributed by atoms with van der Waals surface area (Å²) in [6.07, 6.45) is 7.09. The summed E-state index contributed by atoms with van der Waals surface area (Å²) in [6.45, 7) is 0. The van der Waals surface area contributed by atoms with Crippen LogP contribution >= 0.6 is 0 Å². The van der Waals surface area contributed by atoms with Gasteiger partial charge in [-0.05, 0) is 70.4 Å². The van der Waals surface area contributed by atoms with Gasteiger partial charge in [0.2, 0.25) is 0 Å². The second-order valence-electron chi connectivity index (χ2n) is 10.9. The van der Waals surface area contributed by atoms with Gasteiger partial charge < -0.3 is 9.80 Å². The summed E-state index contributed by atoms with van der Waals surface area (Å²) in [7, 11) is 3.90. The van der Waals surface area contributed by atoms with Crippen LogP contribution in [0, 0.1) is 10.8 Å². The fraction of sp³-hybridized carbons (Fsp3) is 0.0500. The molecular weight excluding hydrogens is 695 g/mol. The van der Waals surface area contributed by atoms with Crippen molar-refractivity contribution in [3.8, 4) is 11.1 Å². The van der Waals surface area contributed by atoms with E-state index in [9.17, 15) is 0 Å². The monoisotopic (exact) mass is 729 g/mol. The van der Waals surface area contributed by atoms with Crippen molar-refractivity contribution >= 4 is 45.5 Å². The molecule has 8 rings (SSSR count). The maximum absolute atomic E-state index is 8.36. The number of hydrogen-bond acceptors (Lipinski definition) is 8. The van der Waals surface area contributed by atoms with Crippen molar-refractivity contribution < 1.29 is 19.5 Å². The quantitative estimate of drug-likeness (QED) is 0.176. The number of hydrogen-bond donors (Lipinski definition) is 2. The first-order chi connectivity index (χ1) is 23.5. The molecule has 9 heteroatoms. The van der Waals surface area contributed by atoms with Gasteiger partial charge in [-0.15, -0.1) is 0 Å². The van der Waals surface area contributed by atoms with Gasteiger partial charge in [0.1, 0.15) is 23.3 Å². The van der Waals surface area contributed by atoms with Gasteiger partial charge in [0.05, 0.1) is 11.4 Å². The molecule has 2 N–H and O–H groups in total. The van der Waals surface area contributed by atoms with Crippen molar-refractivity contribution in [3.63, 3.8) is 0 Å². The number of benzene rings is 3. The van der Waals surface area contributed by atoms with Gasteiger partial charge in [-0.1, -0.05) is 84.9 Å². The number of aromatic nitrogens is 4. The van der Waals surface area contributed by atoms with Crippen LogP contribution in [0.5, 0.6) is 0 Å². The number of nitrogens with one attached hydrogen (secondary N) is 2. The SMILES string of the molecule is CN(c1ccccn1)c1ccccn1.CN(c1ccccn1)c1ccccn1.N=C1C(=N)c2c(ccc3ccccc23)-c2ccccc21.[Rh+3]. The van der Waals surface area contributed by atoms with Crippen molar-refractivity contribution in [1.82, 2.24) is 19.9 Å². The molecule has 0 fully saturated rings. The number of rotatable bonds is 4. The van der Waals surface area contributed by atoms with E-state index in [1.807, 2.05) is 145 Å². The summed E-state index contributed by atoms with van der Waals surface area (Å²) in [5.74, 6) is 3.58. The molecule has 0 saturated heterocycles. The molecule has 3 aromatic carbocycles. The normalized spacial score (nSPS) is 11.0. The first-order valence-corrected chi connectivity index (χ1v) is 15.4. The molecule has 4 aromatic heterocycles. The van der Waals surface area contributed by atoms with Crippen LogP contribution in [0.15, 0.2) is 158 Å². The molecule has 0 saturated carbocycles. The van der Waals surface area contributed by atoms with Crippen LogP contribution in [0.25, 0.3) is 21.9 Å². The first kappa shape index (κ1) is 34.4. The van der Waals surface area contributed by atoms with Crippen LogP contribution in [0.1, 0.15) is 11.1 Å². The molecular formula is C40H34N8Rh+3. The number of nitrogens with zero attached hydrogens (tertiary/aromatic N) is 6. The van der Waals surface area contributed by atoms with E-state index in [0.29, 0.717) is 11.4 Å². The molecule has 0 bridgehead atoms. The van der Waals surface area contributed by atoms with Gasteiger partial charge in [0.25, 0.3) is 0 Å². The van der Waals surface area contributed by atoms with E-state index in [1.165, 1.54) is 0 Å². The number of anilines is 4. The minimum absolute atomic E-state index is 0. The molecule has 0 unspecified atom stereocenters. The average Bonchev–Trinajstić information content (AvgIpc) is 3.18. The molecule has 0 radical (unpaired) electrons. The van der Waals surface area contributed by atoms with Crippen molar-refractivity contribution in [2.24, 2.45) is 0 Å². The average molecular weight is 730 g/mol. The molecule has 8 nitrogen and oxygen atoms in total. The van der Waals surface area contributed by atoms with E-state index in [1.54, 1.807) is 24.8 Å². The fourth-order valence-electron chi connectivity index (χ4n) is 5.40. The van der Waals surface area contributed by atoms with Crippen LogP contribution in [0.4, 0.5) is 23.3 Å². The Morgan fingerprint density at radius 1 is 0.408 bits per heavy atom. The van der Waals surface area contributed by atoms with Gasteiger partial charge in [-0.25, -0.2) is 19.9 Å². The van der Waals surface area contributed by atoms with Crippen LogP contribution in [-0.4, -0.2) is 45.5 Å². The third-order valence-corrected chi connectivity index (χ3v) is 7.89. The van der Waals surface area contributed by atoms with Gasteiger partial charge in [-0.2, -0.15) is 0 Å². The minimum atomic E-state index is 0. The number of fused-ring (bicyclic) bond motifs is 5. The topological polar surface area (TPSA) is 106 Å². The minimum Gasteiger partial charge on any atom is -0.314 e. The Morgan fingerprint density at radius 3 is 1.27 bits per heavy atom. The zero-order chi connectivity index (χ0) is 33.3. The molecule has 1 aliphatic carbocycles. The van der Waals surface area contributed by atoms with E-state index in [2.05, 4.69) is 32.1 Å². The van der Waals surface area contributed by atoms with Crippen molar-refractivity contribution in [2.75, 3.05) is 23.9 Å². The van der Waals surface area contributed by atoms with Gasteiger partial charge in [0.15, 0.2) is 0 Å². The first-order valence-electron chi connectivity index (χ1n) is 15.4. The van der Waals surface area contributed by atoms with Gasteiger partial charge >= 0.3 is 19.5 Å². The Balaban J connectivity index is 0.000000146. The molecule has 240 valence electrons. The molecule has 0 amide bonds. The summed E-state index contributed by atoms with van der Waals surface area (Å²) in [6, 6.07) is 43.3. The van der Waals surface area contributed by atoms with Crippen LogP contribution in [-0.2, 0) is 19.5 Å². The third-order valence-electron chi connectivity index (χ3n) is 7.89. The third kappa shape index (κ3) is 7.80. The predicted molar refractivity (Wildman–Crippen MR) is 196 cm³/mol. The van der Waals surface area contributed by atoms with Crippen LogP contribution in [0.2, 0.25) is 0 Å². The maximum atomic E-state index is 8.36. The Bertz CT molecular complexity index is 1980. The maximum Gasteiger partial charge on any atom is 3.00 e. The van der Waals surface area contributed by atoms with E-state index >= 15 is 0 Å². The Morgan fingerprint density at radius 2 is 0.816 bits per heavy atom. The van der Waals surface area contributed by atoms with Crippen molar-refractivity contribution in [3.05, 3.63) is 169 Å². The Kier molecular flexibility index (Phi) is 11.4. The zero-order valence-electron chi connectivity index (χ0n) is 27.0. The molecule has 49 heavy (non-hydrogen) atoms. The fourth-order valence-corrected chi connectivity index (χ4v) is 5.40. The van der Waals surface area contributed by atoms with Gasteiger partial charge in [0, 0.05) is 50.0 Å². The van der Waals surface area contributed by atoms with Crippen molar-refractivity contribution in [1.29, 1.82) is 10.8 Å². The van der Waals surface area contributed by atoms with Crippen LogP contribution < -0.4 is 9.80 Å². The molecule has 0 spiro atoms. The summed E-state index contributed by atoms with van der Waals surface area (Å²) >= 11 is 0. The van der Waals surface area contributed by atoms with E-state index < -0.39 is 0 Å². The summed E-state index contributed by atoms with van der Waals surface area (Å²) in [4.78, 5) is 20.9. The van der Waals surface area contributed by atoms with E-state index in [-0.39, 0.29) is 19.5 Å². The zero-order valence-corrected chi connectivity index (χ0v) is 28.7. The largest absolute Gasteiger partial charge is 3.00 e. The molecule has 1 aliphatic rings. The summed E-state index contributed by atoms with van der Waals surface area (Å²) in [5, 5.41) is 18.8. The summed E-state index contributed by atoms with van der Waals surface area (Å²) in [5.41, 5.74) is 4.46. The summed E-state index contributed by atoms with van der Waals surface area (Å²) < 4.78 is 0. The predicted octanol–water partition coefficient (Wildman–Crippen LogP) is 8.74. The Hall–Kier alpha value is -5.92. The standard InChI is InChI=1S/C18H12N2.2C11H11N3.Rh/c19-17-15-8-4-3-7-13(15)14-10-9-11-5-1-2-6-12(11)16(14)18(17)20;2*1-14(10-6-2-4-8-12-10)11-7-3-5-9-13-11;/h1-10,19-20H;2*2-9H,1H3;/q;;;+3. The van der Waals surface area contributed by atoms with E-state index in [0.717, 1.165) is 56.3 Å². The molecule has 0 atom stereocenters. The van der Waals surface area contributed by atoms with Gasteiger partial charge in [-0.3, -0.25) is 10.8 Å². The van der Waals surface area contributed by atoms with E-state index in [4.69, 9.17) is 10.8 Å². The Labute approximate surface area is 299 Å². The second kappa shape index (κ2) is 16.3. The number of pyridine rings is 4. The van der Waals surface area contributed by atoms with Crippen LogP contribution in [0.3, 0.4) is 0 Å². The van der Waals surface area contributed by atoms with Crippen molar-refractivity contribution in [2.45, 2.75) is 0 Å². The second-order valence-corrected chi connectivity index (χ2v) is 10.9. The molecule has 7 aromatic rings. The molecule has 4 heterocycles. The molecule has 0 aliphatic heterocycles. The smallest absolute Gasteiger partial charge is 0.314 e.